The van der Waals surface area contributed by atoms with Crippen LogP contribution in [0.2, 0.25) is 0 Å². The minimum absolute atomic E-state index is 0.190. The highest BCUT2D eigenvalue weighted by Crippen LogP contribution is 2.01. The SMILES string of the molecule is OC[C@@H](O)[C@H](O)Cc1cnccn1. The fourth-order valence-electron chi connectivity index (χ4n) is 0.907. The lowest BCUT2D eigenvalue weighted by molar-refractivity contribution is -0.0137. The zero-order chi connectivity index (χ0) is 9.68. The Morgan fingerprint density at radius 1 is 1.23 bits per heavy atom. The molecular weight excluding hydrogens is 172 g/mol. The van der Waals surface area contributed by atoms with Crippen molar-refractivity contribution in [1.82, 2.24) is 9.97 Å². The average molecular weight is 184 g/mol. The first-order chi connectivity index (χ1) is 6.24. The second-order valence-electron chi connectivity index (χ2n) is 2.72. The highest BCUT2D eigenvalue weighted by Gasteiger charge is 2.15. The van der Waals surface area contributed by atoms with Gasteiger partial charge in [0.1, 0.15) is 6.10 Å². The molecule has 0 bridgehead atoms. The van der Waals surface area contributed by atoms with E-state index in [1.165, 1.54) is 18.6 Å². The maximum Gasteiger partial charge on any atom is 0.103 e. The number of rotatable bonds is 4. The van der Waals surface area contributed by atoms with Crippen LogP contribution in [0.25, 0.3) is 0 Å². The Labute approximate surface area is 75.7 Å². The molecule has 1 rings (SSSR count). The van der Waals surface area contributed by atoms with Gasteiger partial charge in [-0.2, -0.15) is 0 Å². The van der Waals surface area contributed by atoms with Crippen LogP contribution in [-0.4, -0.2) is 44.1 Å². The van der Waals surface area contributed by atoms with Gasteiger partial charge in [-0.25, -0.2) is 0 Å². The van der Waals surface area contributed by atoms with Crippen LogP contribution >= 0.6 is 0 Å². The predicted octanol–water partition coefficient (Wildman–Crippen LogP) is -1.27. The van der Waals surface area contributed by atoms with Crippen LogP contribution in [0.15, 0.2) is 18.6 Å². The summed E-state index contributed by atoms with van der Waals surface area (Å²) < 4.78 is 0. The van der Waals surface area contributed by atoms with E-state index >= 15 is 0 Å². The van der Waals surface area contributed by atoms with E-state index in [1.54, 1.807) is 0 Å². The van der Waals surface area contributed by atoms with Gasteiger partial charge in [0.25, 0.3) is 0 Å². The number of aromatic nitrogens is 2. The molecular formula is C8H12N2O3. The average Bonchev–Trinajstić information content (AvgIpc) is 2.18. The summed E-state index contributed by atoms with van der Waals surface area (Å²) in [5, 5.41) is 26.9. The summed E-state index contributed by atoms with van der Waals surface area (Å²) in [5.74, 6) is 0. The molecule has 0 aliphatic heterocycles. The van der Waals surface area contributed by atoms with E-state index in [0.717, 1.165) is 0 Å². The monoisotopic (exact) mass is 184 g/mol. The summed E-state index contributed by atoms with van der Waals surface area (Å²) in [5.41, 5.74) is 0.586. The van der Waals surface area contributed by atoms with Crippen LogP contribution in [0.4, 0.5) is 0 Å². The molecule has 0 radical (unpaired) electrons. The van der Waals surface area contributed by atoms with Crippen molar-refractivity contribution in [1.29, 1.82) is 0 Å². The molecule has 0 fully saturated rings. The van der Waals surface area contributed by atoms with Gasteiger partial charge in [0, 0.05) is 25.0 Å². The molecule has 3 N–H and O–H groups in total. The fourth-order valence-corrected chi connectivity index (χ4v) is 0.907. The van der Waals surface area contributed by atoms with Gasteiger partial charge < -0.3 is 15.3 Å². The molecule has 5 nitrogen and oxygen atoms in total. The summed E-state index contributed by atoms with van der Waals surface area (Å²) in [6.07, 6.45) is 2.61. The Kier molecular flexibility index (Phi) is 3.75. The van der Waals surface area contributed by atoms with Gasteiger partial charge in [-0.15, -0.1) is 0 Å². The molecule has 2 atom stereocenters. The highest BCUT2D eigenvalue weighted by molar-refractivity contribution is 4.97. The van der Waals surface area contributed by atoms with E-state index in [4.69, 9.17) is 10.2 Å². The molecule has 72 valence electrons. The lowest BCUT2D eigenvalue weighted by Crippen LogP contribution is -2.31. The molecule has 0 saturated heterocycles. The van der Waals surface area contributed by atoms with Gasteiger partial charge in [-0.1, -0.05) is 0 Å². The molecule has 1 heterocycles. The zero-order valence-corrected chi connectivity index (χ0v) is 7.04. The molecule has 0 aliphatic carbocycles. The minimum Gasteiger partial charge on any atom is -0.394 e. The van der Waals surface area contributed by atoms with E-state index in [-0.39, 0.29) is 6.42 Å². The second-order valence-corrected chi connectivity index (χ2v) is 2.72. The highest BCUT2D eigenvalue weighted by atomic mass is 16.4. The first kappa shape index (κ1) is 10.0. The fraction of sp³-hybridized carbons (Fsp3) is 0.500. The van der Waals surface area contributed by atoms with Gasteiger partial charge in [0.15, 0.2) is 0 Å². The predicted molar refractivity (Wildman–Crippen MR) is 44.8 cm³/mol. The number of hydrogen-bond acceptors (Lipinski definition) is 5. The third-order valence-corrected chi connectivity index (χ3v) is 1.67. The van der Waals surface area contributed by atoms with Gasteiger partial charge in [-0.05, 0) is 0 Å². The van der Waals surface area contributed by atoms with Crippen LogP contribution < -0.4 is 0 Å². The standard InChI is InChI=1S/C8H12N2O3/c11-5-8(13)7(12)3-6-4-9-1-2-10-6/h1-2,4,7-8,11-13H,3,5H2/t7-,8-/m1/s1. The minimum atomic E-state index is -1.12. The van der Waals surface area contributed by atoms with Crippen molar-refractivity contribution in [2.45, 2.75) is 18.6 Å². The lowest BCUT2D eigenvalue weighted by atomic mass is 10.1. The molecule has 0 spiro atoms. The summed E-state index contributed by atoms with van der Waals surface area (Å²) in [7, 11) is 0. The van der Waals surface area contributed by atoms with E-state index in [2.05, 4.69) is 9.97 Å². The Morgan fingerprint density at radius 2 is 2.00 bits per heavy atom. The summed E-state index contributed by atoms with van der Waals surface area (Å²) in [4.78, 5) is 7.73. The molecule has 5 heteroatoms. The molecule has 0 aliphatic rings. The molecule has 0 saturated carbocycles. The van der Waals surface area contributed by atoms with Crippen LogP contribution in [0, 0.1) is 0 Å². The van der Waals surface area contributed by atoms with Crippen molar-refractivity contribution >= 4 is 0 Å². The summed E-state index contributed by atoms with van der Waals surface area (Å²) in [6, 6.07) is 0. The van der Waals surface area contributed by atoms with Crippen molar-refractivity contribution in [2.24, 2.45) is 0 Å². The lowest BCUT2D eigenvalue weighted by Gasteiger charge is -2.14. The number of nitrogens with zero attached hydrogens (tertiary/aromatic N) is 2. The Morgan fingerprint density at radius 3 is 2.54 bits per heavy atom. The van der Waals surface area contributed by atoms with E-state index < -0.39 is 18.8 Å². The van der Waals surface area contributed by atoms with Gasteiger partial charge in [0.2, 0.25) is 0 Å². The van der Waals surface area contributed by atoms with Crippen molar-refractivity contribution in [3.05, 3.63) is 24.3 Å². The van der Waals surface area contributed by atoms with Crippen LogP contribution in [0.3, 0.4) is 0 Å². The van der Waals surface area contributed by atoms with Crippen LogP contribution in [-0.2, 0) is 6.42 Å². The number of aliphatic hydroxyl groups is 3. The Balaban J connectivity index is 2.50. The zero-order valence-electron chi connectivity index (χ0n) is 7.04. The summed E-state index contributed by atoms with van der Waals surface area (Å²) in [6.45, 7) is -0.457. The van der Waals surface area contributed by atoms with Gasteiger partial charge in [0.05, 0.1) is 18.4 Å². The van der Waals surface area contributed by atoms with E-state index in [1.807, 2.05) is 0 Å². The first-order valence-electron chi connectivity index (χ1n) is 3.96. The molecule has 1 aromatic rings. The van der Waals surface area contributed by atoms with E-state index in [0.29, 0.717) is 5.69 Å². The smallest absolute Gasteiger partial charge is 0.103 e. The van der Waals surface area contributed by atoms with Gasteiger partial charge >= 0.3 is 0 Å². The Hall–Kier alpha value is -1.04. The molecule has 0 aromatic carbocycles. The van der Waals surface area contributed by atoms with Crippen LogP contribution in [0.1, 0.15) is 5.69 Å². The number of hydrogen-bond donors (Lipinski definition) is 3. The quantitative estimate of drug-likeness (QED) is 0.543. The first-order valence-corrected chi connectivity index (χ1v) is 3.96. The number of aliphatic hydroxyl groups excluding tert-OH is 3. The van der Waals surface area contributed by atoms with Crippen molar-refractivity contribution < 1.29 is 15.3 Å². The second kappa shape index (κ2) is 4.86. The van der Waals surface area contributed by atoms with Crippen molar-refractivity contribution in [3.63, 3.8) is 0 Å². The third kappa shape index (κ3) is 3.06. The maximum atomic E-state index is 9.29. The van der Waals surface area contributed by atoms with Crippen molar-refractivity contribution in [2.75, 3.05) is 6.61 Å². The third-order valence-electron chi connectivity index (χ3n) is 1.67. The normalized spacial score (nSPS) is 15.3. The topological polar surface area (TPSA) is 86.5 Å². The molecule has 0 unspecified atom stereocenters. The summed E-state index contributed by atoms with van der Waals surface area (Å²) >= 11 is 0. The maximum absolute atomic E-state index is 9.29. The van der Waals surface area contributed by atoms with E-state index in [9.17, 15) is 5.11 Å². The molecule has 1 aromatic heterocycles. The van der Waals surface area contributed by atoms with Crippen LogP contribution in [0.5, 0.6) is 0 Å². The molecule has 13 heavy (non-hydrogen) atoms. The van der Waals surface area contributed by atoms with Gasteiger partial charge in [-0.3, -0.25) is 9.97 Å². The largest absolute Gasteiger partial charge is 0.394 e. The van der Waals surface area contributed by atoms with Crippen molar-refractivity contribution in [3.8, 4) is 0 Å². The molecule has 0 amide bonds. The Bertz CT molecular complexity index is 242.